The summed E-state index contributed by atoms with van der Waals surface area (Å²) in [5, 5.41) is 16.0. The smallest absolute Gasteiger partial charge is 0.337 e. The number of hydrogen-bond acceptors (Lipinski definition) is 6. The molecule has 0 amide bonds. The van der Waals surface area contributed by atoms with Crippen molar-refractivity contribution in [1.82, 2.24) is 15.0 Å². The zero-order valence-corrected chi connectivity index (χ0v) is 13.0. The molecule has 0 spiro atoms. The van der Waals surface area contributed by atoms with Crippen molar-refractivity contribution in [2.24, 2.45) is 7.05 Å². The summed E-state index contributed by atoms with van der Waals surface area (Å²) in [6.45, 7) is 0. The van der Waals surface area contributed by atoms with Crippen molar-refractivity contribution in [1.29, 1.82) is 0 Å². The van der Waals surface area contributed by atoms with Crippen LogP contribution in [0.25, 0.3) is 0 Å². The molecule has 112 valence electrons. The van der Waals surface area contributed by atoms with Gasteiger partial charge >= 0.3 is 5.97 Å². The normalized spacial score (nSPS) is 11.3. The van der Waals surface area contributed by atoms with Gasteiger partial charge in [0.05, 0.1) is 11.3 Å². The highest BCUT2D eigenvalue weighted by Gasteiger charge is 2.25. The van der Waals surface area contributed by atoms with Gasteiger partial charge in [-0.25, -0.2) is 9.48 Å². The molecule has 0 saturated heterocycles. The predicted octanol–water partition coefficient (Wildman–Crippen LogP) is 0.659. The van der Waals surface area contributed by atoms with E-state index in [0.29, 0.717) is 0 Å². The first-order valence-electron chi connectivity index (χ1n) is 5.43. The number of aromatic carboxylic acids is 1. The van der Waals surface area contributed by atoms with Crippen LogP contribution in [0, 0.1) is 0 Å². The van der Waals surface area contributed by atoms with Crippen LogP contribution in [-0.2, 0) is 17.1 Å². The molecule has 1 aromatic carbocycles. The van der Waals surface area contributed by atoms with Gasteiger partial charge in [0.2, 0.25) is 5.03 Å². The molecule has 11 heteroatoms. The first-order chi connectivity index (χ1) is 9.72. The zero-order chi connectivity index (χ0) is 15.8. The number of rotatable bonds is 4. The van der Waals surface area contributed by atoms with Crippen molar-refractivity contribution in [2.75, 3.05) is 10.5 Å². The van der Waals surface area contributed by atoms with E-state index in [1.165, 1.54) is 25.2 Å². The van der Waals surface area contributed by atoms with Gasteiger partial charge in [-0.05, 0) is 34.1 Å². The molecular weight excluding hydrogens is 366 g/mol. The summed E-state index contributed by atoms with van der Waals surface area (Å²) in [7, 11) is -2.69. The molecule has 2 rings (SSSR count). The molecule has 0 aliphatic heterocycles. The van der Waals surface area contributed by atoms with Crippen molar-refractivity contribution < 1.29 is 18.3 Å². The number of nitrogens with two attached hydrogens (primary N) is 1. The lowest BCUT2D eigenvalue weighted by Gasteiger charge is -2.11. The average molecular weight is 376 g/mol. The summed E-state index contributed by atoms with van der Waals surface area (Å²) in [6.07, 6.45) is 0. The number of carboxylic acids is 1. The molecule has 4 N–H and O–H groups in total. The lowest BCUT2D eigenvalue weighted by atomic mass is 10.1. The second-order valence-corrected chi connectivity index (χ2v) is 6.37. The first kappa shape index (κ1) is 15.3. The predicted molar refractivity (Wildman–Crippen MR) is 77.3 cm³/mol. The number of aryl methyl sites for hydroxylation is 1. The molecule has 0 atom stereocenters. The quantitative estimate of drug-likeness (QED) is 0.666. The lowest BCUT2D eigenvalue weighted by Crippen LogP contribution is -2.19. The first-order valence-corrected chi connectivity index (χ1v) is 7.71. The fourth-order valence-corrected chi connectivity index (χ4v) is 3.80. The number of aromatic nitrogens is 3. The molecular formula is C10H10BrN5O4S. The molecule has 0 saturated carbocycles. The minimum atomic E-state index is -4.08. The number of halogens is 1. The highest BCUT2D eigenvalue weighted by atomic mass is 79.9. The van der Waals surface area contributed by atoms with Gasteiger partial charge in [-0.15, -0.1) is 5.10 Å². The summed E-state index contributed by atoms with van der Waals surface area (Å²) in [5.74, 6) is -1.28. The van der Waals surface area contributed by atoms with Crippen LogP contribution in [0.5, 0.6) is 0 Å². The SMILES string of the molecule is Cn1nnc(Br)c1S(=O)(=O)Nc1cc(N)ccc1C(=O)O. The van der Waals surface area contributed by atoms with Crippen LogP contribution in [0.2, 0.25) is 0 Å². The van der Waals surface area contributed by atoms with Gasteiger partial charge in [0, 0.05) is 12.7 Å². The maximum atomic E-state index is 12.3. The molecule has 0 fully saturated rings. The summed E-state index contributed by atoms with van der Waals surface area (Å²) in [5.41, 5.74) is 5.41. The average Bonchev–Trinajstić information content (AvgIpc) is 2.68. The minimum absolute atomic E-state index is 0.0123. The summed E-state index contributed by atoms with van der Waals surface area (Å²) < 4.78 is 27.9. The van der Waals surface area contributed by atoms with Crippen LogP contribution in [-0.4, -0.2) is 34.5 Å². The monoisotopic (exact) mass is 375 g/mol. The molecule has 1 heterocycles. The largest absolute Gasteiger partial charge is 0.478 e. The van der Waals surface area contributed by atoms with E-state index in [1.807, 2.05) is 0 Å². The number of benzene rings is 1. The highest BCUT2D eigenvalue weighted by molar-refractivity contribution is 9.10. The molecule has 1 aromatic heterocycles. The Labute approximate surface area is 127 Å². The van der Waals surface area contributed by atoms with E-state index in [2.05, 4.69) is 31.0 Å². The van der Waals surface area contributed by atoms with Crippen molar-refractivity contribution >= 4 is 43.3 Å². The van der Waals surface area contributed by atoms with Crippen LogP contribution in [0.3, 0.4) is 0 Å². The third-order valence-electron chi connectivity index (χ3n) is 2.51. The Morgan fingerprint density at radius 1 is 1.48 bits per heavy atom. The van der Waals surface area contributed by atoms with Crippen molar-refractivity contribution in [2.45, 2.75) is 5.03 Å². The van der Waals surface area contributed by atoms with Gasteiger partial charge in [-0.2, -0.15) is 8.42 Å². The Morgan fingerprint density at radius 3 is 2.67 bits per heavy atom. The van der Waals surface area contributed by atoms with Crippen LogP contribution in [0.15, 0.2) is 27.8 Å². The second kappa shape index (κ2) is 5.33. The van der Waals surface area contributed by atoms with Crippen molar-refractivity contribution in [3.63, 3.8) is 0 Å². The Kier molecular flexibility index (Phi) is 3.87. The van der Waals surface area contributed by atoms with E-state index >= 15 is 0 Å². The van der Waals surface area contributed by atoms with Crippen molar-refractivity contribution in [3.8, 4) is 0 Å². The van der Waals surface area contributed by atoms with Crippen LogP contribution in [0.4, 0.5) is 11.4 Å². The number of nitrogen functional groups attached to an aromatic ring is 1. The van der Waals surface area contributed by atoms with Gasteiger partial charge in [-0.3, -0.25) is 4.72 Å². The summed E-state index contributed by atoms with van der Waals surface area (Å²) in [6, 6.07) is 3.80. The number of hydrogen-bond donors (Lipinski definition) is 3. The molecule has 0 unspecified atom stereocenters. The highest BCUT2D eigenvalue weighted by Crippen LogP contribution is 2.25. The van der Waals surface area contributed by atoms with Crippen LogP contribution < -0.4 is 10.5 Å². The van der Waals surface area contributed by atoms with Gasteiger partial charge in [0.15, 0.2) is 4.60 Å². The number of carboxylic acid groups (broad SMARTS) is 1. The number of nitrogens with zero attached hydrogens (tertiary/aromatic N) is 3. The fraction of sp³-hybridized carbons (Fsp3) is 0.100. The molecule has 0 radical (unpaired) electrons. The third kappa shape index (κ3) is 2.97. The fourth-order valence-electron chi connectivity index (χ4n) is 1.63. The van der Waals surface area contributed by atoms with E-state index in [1.54, 1.807) is 0 Å². The van der Waals surface area contributed by atoms with Gasteiger partial charge < -0.3 is 10.8 Å². The second-order valence-electron chi connectivity index (χ2n) is 4.02. The van der Waals surface area contributed by atoms with E-state index < -0.39 is 16.0 Å². The topological polar surface area (TPSA) is 140 Å². The standard InChI is InChI=1S/C10H10BrN5O4S/c1-16-9(8(11)13-15-16)21(19,20)14-7-4-5(12)2-3-6(7)10(17)18/h2-4,14H,12H2,1H3,(H,17,18). The molecule has 0 bridgehead atoms. The Balaban J connectivity index is 2.51. The van der Waals surface area contributed by atoms with E-state index in [9.17, 15) is 13.2 Å². The Morgan fingerprint density at radius 2 is 2.14 bits per heavy atom. The Hall–Kier alpha value is -2.14. The number of sulfonamides is 1. The minimum Gasteiger partial charge on any atom is -0.478 e. The molecule has 9 nitrogen and oxygen atoms in total. The summed E-state index contributed by atoms with van der Waals surface area (Å²) >= 11 is 2.97. The zero-order valence-electron chi connectivity index (χ0n) is 10.6. The lowest BCUT2D eigenvalue weighted by molar-refractivity contribution is 0.0698. The van der Waals surface area contributed by atoms with E-state index in [-0.39, 0.29) is 26.6 Å². The van der Waals surface area contributed by atoms with E-state index in [0.717, 1.165) is 4.68 Å². The Bertz CT molecular complexity index is 797. The van der Waals surface area contributed by atoms with Gasteiger partial charge in [0.25, 0.3) is 10.0 Å². The van der Waals surface area contributed by atoms with Crippen LogP contribution in [0.1, 0.15) is 10.4 Å². The number of anilines is 2. The van der Waals surface area contributed by atoms with Gasteiger partial charge in [0.1, 0.15) is 0 Å². The number of nitrogens with one attached hydrogen (secondary N) is 1. The van der Waals surface area contributed by atoms with Gasteiger partial charge in [-0.1, -0.05) is 5.21 Å². The maximum Gasteiger partial charge on any atom is 0.337 e. The maximum absolute atomic E-state index is 12.3. The summed E-state index contributed by atoms with van der Waals surface area (Å²) in [4.78, 5) is 11.1. The molecule has 2 aromatic rings. The molecule has 0 aliphatic rings. The van der Waals surface area contributed by atoms with Crippen molar-refractivity contribution in [3.05, 3.63) is 28.4 Å². The third-order valence-corrected chi connectivity index (χ3v) is 4.76. The van der Waals surface area contributed by atoms with Crippen LogP contribution >= 0.6 is 15.9 Å². The number of carbonyl (C=O) groups is 1. The molecule has 0 aliphatic carbocycles. The van der Waals surface area contributed by atoms with E-state index in [4.69, 9.17) is 10.8 Å². The molecule has 21 heavy (non-hydrogen) atoms.